The van der Waals surface area contributed by atoms with E-state index < -0.39 is 0 Å². The lowest BCUT2D eigenvalue weighted by Gasteiger charge is -2.26. The fraction of sp³-hybridized carbons (Fsp3) is 0.250. The summed E-state index contributed by atoms with van der Waals surface area (Å²) < 4.78 is 6.42. The Kier molecular flexibility index (Phi) is 1.94. The van der Waals surface area contributed by atoms with Crippen LogP contribution in [0.5, 0.6) is 5.75 Å². The van der Waals surface area contributed by atoms with Crippen LogP contribution in [0.2, 0.25) is 0 Å². The zero-order chi connectivity index (χ0) is 8.55. The summed E-state index contributed by atoms with van der Waals surface area (Å²) in [7, 11) is 0. The van der Waals surface area contributed by atoms with E-state index in [9.17, 15) is 0 Å². The molecule has 4 heteroatoms. The molecule has 64 valence electrons. The zero-order valence-electron chi connectivity index (χ0n) is 6.46. The smallest absolute Gasteiger partial charge is 0.144 e. The first-order valence-corrected chi connectivity index (χ1v) is 4.51. The highest BCUT2D eigenvalue weighted by Gasteiger charge is 2.14. The van der Waals surface area contributed by atoms with Crippen molar-refractivity contribution in [3.8, 4) is 5.75 Å². The van der Waals surface area contributed by atoms with Crippen LogP contribution in [-0.2, 0) is 0 Å². The average molecular weight is 229 g/mol. The van der Waals surface area contributed by atoms with Crippen molar-refractivity contribution < 1.29 is 4.74 Å². The van der Waals surface area contributed by atoms with Crippen molar-refractivity contribution in [2.45, 2.75) is 0 Å². The molecule has 2 rings (SSSR count). The fourth-order valence-corrected chi connectivity index (χ4v) is 1.56. The molecule has 0 aromatic heterocycles. The van der Waals surface area contributed by atoms with Crippen LogP contribution in [0.4, 0.5) is 5.69 Å². The molecule has 0 fully saturated rings. The Bertz CT molecular complexity index is 303. The van der Waals surface area contributed by atoms with Gasteiger partial charge in [-0.05, 0) is 18.2 Å². The Labute approximate surface area is 79.2 Å². The summed E-state index contributed by atoms with van der Waals surface area (Å²) in [5.41, 5.74) is 0.940. The summed E-state index contributed by atoms with van der Waals surface area (Å²) >= 11 is 3.38. The number of ether oxygens (including phenoxy) is 1. The Morgan fingerprint density at radius 2 is 2.33 bits per heavy atom. The van der Waals surface area contributed by atoms with E-state index >= 15 is 0 Å². The molecule has 1 aliphatic heterocycles. The third-order valence-corrected chi connectivity index (χ3v) is 2.31. The number of anilines is 1. The molecule has 0 bridgehead atoms. The quantitative estimate of drug-likeness (QED) is 0.685. The number of fused-ring (bicyclic) bond motifs is 1. The molecule has 0 radical (unpaired) electrons. The van der Waals surface area contributed by atoms with Gasteiger partial charge in [-0.1, -0.05) is 15.9 Å². The number of nitrogens with two attached hydrogens (primary N) is 1. The molecule has 1 heterocycles. The summed E-state index contributed by atoms with van der Waals surface area (Å²) in [5, 5.41) is 1.70. The molecule has 0 aliphatic carbocycles. The van der Waals surface area contributed by atoms with Crippen LogP contribution < -0.4 is 15.6 Å². The second-order valence-corrected chi connectivity index (χ2v) is 3.57. The Morgan fingerprint density at radius 1 is 1.50 bits per heavy atom. The minimum absolute atomic E-state index is 0.658. The molecule has 12 heavy (non-hydrogen) atoms. The predicted molar refractivity (Wildman–Crippen MR) is 51.2 cm³/mol. The van der Waals surface area contributed by atoms with E-state index in [-0.39, 0.29) is 0 Å². The Balaban J connectivity index is 2.47. The van der Waals surface area contributed by atoms with Gasteiger partial charge < -0.3 is 9.75 Å². The van der Waals surface area contributed by atoms with Crippen LogP contribution in [-0.4, -0.2) is 13.2 Å². The minimum atomic E-state index is 0.658. The molecule has 2 N–H and O–H groups in total. The molecule has 0 saturated carbocycles. The van der Waals surface area contributed by atoms with Crippen LogP contribution in [0.15, 0.2) is 22.7 Å². The summed E-state index contributed by atoms with van der Waals surface area (Å²) in [4.78, 5) is 0. The summed E-state index contributed by atoms with van der Waals surface area (Å²) in [6.07, 6.45) is 0. The lowest BCUT2D eigenvalue weighted by atomic mass is 10.2. The molecule has 1 aromatic rings. The summed E-state index contributed by atoms with van der Waals surface area (Å²) in [6, 6.07) is 5.81. The van der Waals surface area contributed by atoms with Gasteiger partial charge in [0.2, 0.25) is 0 Å². The largest absolute Gasteiger partial charge is 0.489 e. The fourth-order valence-electron chi connectivity index (χ4n) is 1.21. The highest BCUT2D eigenvalue weighted by molar-refractivity contribution is 9.10. The SMILES string of the molecule is NN1CCOc2ccc(Br)cc21. The van der Waals surface area contributed by atoms with Crippen molar-refractivity contribution in [3.63, 3.8) is 0 Å². The number of hydrogen-bond acceptors (Lipinski definition) is 3. The third kappa shape index (κ3) is 1.28. The predicted octanol–water partition coefficient (Wildman–Crippen LogP) is 1.52. The molecule has 0 atom stereocenters. The van der Waals surface area contributed by atoms with Gasteiger partial charge in [0, 0.05) is 4.47 Å². The Hall–Kier alpha value is -0.740. The topological polar surface area (TPSA) is 38.5 Å². The first-order valence-electron chi connectivity index (χ1n) is 3.72. The number of hydrazine groups is 1. The lowest BCUT2D eigenvalue weighted by molar-refractivity contribution is 0.308. The van der Waals surface area contributed by atoms with E-state index in [0.717, 1.165) is 22.5 Å². The molecule has 0 unspecified atom stereocenters. The third-order valence-electron chi connectivity index (χ3n) is 1.82. The van der Waals surface area contributed by atoms with Gasteiger partial charge in [-0.25, -0.2) is 5.84 Å². The van der Waals surface area contributed by atoms with Crippen LogP contribution in [0.3, 0.4) is 0 Å². The van der Waals surface area contributed by atoms with E-state index in [1.165, 1.54) is 0 Å². The molecule has 1 aromatic carbocycles. The van der Waals surface area contributed by atoms with Gasteiger partial charge in [0.15, 0.2) is 0 Å². The maximum atomic E-state index is 5.75. The van der Waals surface area contributed by atoms with Crippen LogP contribution in [0, 0.1) is 0 Å². The molecule has 3 nitrogen and oxygen atoms in total. The standard InChI is InChI=1S/C8H9BrN2O/c9-6-1-2-8-7(5-6)11(10)3-4-12-8/h1-2,5H,3-4,10H2. The molecular weight excluding hydrogens is 220 g/mol. The van der Waals surface area contributed by atoms with Crippen molar-refractivity contribution in [2.75, 3.05) is 18.2 Å². The number of hydrogen-bond donors (Lipinski definition) is 1. The van der Waals surface area contributed by atoms with E-state index in [2.05, 4.69) is 15.9 Å². The lowest BCUT2D eigenvalue weighted by Crippen LogP contribution is -2.38. The van der Waals surface area contributed by atoms with E-state index in [4.69, 9.17) is 10.6 Å². The van der Waals surface area contributed by atoms with E-state index in [1.807, 2.05) is 18.2 Å². The molecule has 0 spiro atoms. The van der Waals surface area contributed by atoms with Gasteiger partial charge in [-0.15, -0.1) is 0 Å². The zero-order valence-corrected chi connectivity index (χ0v) is 8.04. The first-order chi connectivity index (χ1) is 5.77. The second-order valence-electron chi connectivity index (χ2n) is 2.65. The van der Waals surface area contributed by atoms with Crippen LogP contribution in [0.25, 0.3) is 0 Å². The minimum Gasteiger partial charge on any atom is -0.489 e. The second kappa shape index (κ2) is 2.95. The highest BCUT2D eigenvalue weighted by atomic mass is 79.9. The van der Waals surface area contributed by atoms with Crippen molar-refractivity contribution in [2.24, 2.45) is 5.84 Å². The van der Waals surface area contributed by atoms with Gasteiger partial charge in [-0.3, -0.25) is 0 Å². The number of rotatable bonds is 0. The first kappa shape index (κ1) is 7.89. The Morgan fingerprint density at radius 3 is 3.17 bits per heavy atom. The molecule has 1 aliphatic rings. The van der Waals surface area contributed by atoms with Crippen LogP contribution in [0.1, 0.15) is 0 Å². The van der Waals surface area contributed by atoms with Crippen molar-refractivity contribution in [3.05, 3.63) is 22.7 Å². The van der Waals surface area contributed by atoms with E-state index in [1.54, 1.807) is 5.01 Å². The van der Waals surface area contributed by atoms with Crippen molar-refractivity contribution >= 4 is 21.6 Å². The van der Waals surface area contributed by atoms with Gasteiger partial charge in [0.25, 0.3) is 0 Å². The van der Waals surface area contributed by atoms with E-state index in [0.29, 0.717) is 6.61 Å². The maximum absolute atomic E-state index is 5.75. The summed E-state index contributed by atoms with van der Waals surface area (Å²) in [6.45, 7) is 1.40. The monoisotopic (exact) mass is 228 g/mol. The van der Waals surface area contributed by atoms with Gasteiger partial charge in [-0.2, -0.15) is 0 Å². The number of nitrogens with zero attached hydrogens (tertiary/aromatic N) is 1. The normalized spacial score (nSPS) is 15.3. The van der Waals surface area contributed by atoms with Gasteiger partial charge in [0.1, 0.15) is 12.4 Å². The van der Waals surface area contributed by atoms with Gasteiger partial charge in [0.05, 0.1) is 12.2 Å². The number of halogens is 1. The maximum Gasteiger partial charge on any atom is 0.144 e. The molecule has 0 saturated heterocycles. The van der Waals surface area contributed by atoms with Crippen molar-refractivity contribution in [1.29, 1.82) is 0 Å². The van der Waals surface area contributed by atoms with Crippen LogP contribution >= 0.6 is 15.9 Å². The molecular formula is C8H9BrN2O. The van der Waals surface area contributed by atoms with Crippen molar-refractivity contribution in [1.82, 2.24) is 0 Å². The van der Waals surface area contributed by atoms with Gasteiger partial charge >= 0.3 is 0 Å². The highest BCUT2D eigenvalue weighted by Crippen LogP contribution is 2.32. The average Bonchev–Trinajstić information content (AvgIpc) is 2.07. The summed E-state index contributed by atoms with van der Waals surface area (Å²) in [5.74, 6) is 6.60. The number of benzene rings is 1. The molecule has 0 amide bonds.